The average molecular weight is 1690 g/mol. The van der Waals surface area contributed by atoms with Crippen molar-refractivity contribution in [1.29, 1.82) is 0 Å². The summed E-state index contributed by atoms with van der Waals surface area (Å²) in [6.07, 6.45) is 5.16. The van der Waals surface area contributed by atoms with Crippen LogP contribution < -0.4 is 40.8 Å². The molecule has 9 aliphatic rings. The van der Waals surface area contributed by atoms with Crippen LogP contribution in [0.2, 0.25) is 0 Å². The normalized spacial score (nSPS) is 18.6. The molecule has 0 N–H and O–H groups in total. The molecule has 10 heteroatoms. The third-order valence-corrected chi connectivity index (χ3v) is 34.1. The molecule has 20 aromatic rings. The second kappa shape index (κ2) is 25.3. The van der Waals surface area contributed by atoms with Gasteiger partial charge in [0, 0.05) is 98.8 Å². The summed E-state index contributed by atoms with van der Waals surface area (Å²) in [7, 11) is 0. The first kappa shape index (κ1) is 73.9. The van der Waals surface area contributed by atoms with Crippen molar-refractivity contribution in [2.45, 2.75) is 127 Å². The highest BCUT2D eigenvalue weighted by Crippen LogP contribution is 2.68. The molecule has 16 aromatic carbocycles. The van der Waals surface area contributed by atoms with Crippen LogP contribution in [0.5, 0.6) is 0 Å². The highest BCUT2D eigenvalue weighted by atomic mass is 32.1. The van der Waals surface area contributed by atoms with Crippen molar-refractivity contribution in [1.82, 2.24) is 0 Å². The van der Waals surface area contributed by atoms with Crippen LogP contribution in [0.4, 0.5) is 56.9 Å². The topological polar surface area (TPSA) is 52.4 Å². The molecule has 0 amide bonds. The second-order valence-corrected chi connectivity index (χ2v) is 42.1. The van der Waals surface area contributed by atoms with Gasteiger partial charge in [0.25, 0.3) is 0 Å². The van der Waals surface area contributed by atoms with Gasteiger partial charge in [-0.15, -0.1) is 11.3 Å². The number of aryl methyl sites for hydroxylation is 2. The van der Waals surface area contributed by atoms with Crippen LogP contribution in [-0.4, -0.2) is 13.7 Å². The van der Waals surface area contributed by atoms with Crippen molar-refractivity contribution in [3.8, 4) is 33.4 Å². The Kier molecular flexibility index (Phi) is 14.4. The first-order chi connectivity index (χ1) is 63.4. The Morgan fingerprint density at radius 2 is 0.823 bits per heavy atom. The van der Waals surface area contributed by atoms with Gasteiger partial charge in [-0.2, -0.15) is 0 Å². The summed E-state index contributed by atoms with van der Waals surface area (Å²) in [4.78, 5) is 10.8. The van der Waals surface area contributed by atoms with Crippen LogP contribution in [0.3, 0.4) is 0 Å². The lowest BCUT2D eigenvalue weighted by Crippen LogP contribution is -2.63. The van der Waals surface area contributed by atoms with E-state index in [-0.39, 0.29) is 28.5 Å². The zero-order valence-electron chi connectivity index (χ0n) is 74.2. The van der Waals surface area contributed by atoms with E-state index in [2.05, 4.69) is 403 Å². The van der Waals surface area contributed by atoms with Crippen molar-refractivity contribution in [3.63, 3.8) is 0 Å². The van der Waals surface area contributed by atoms with Crippen LogP contribution in [0.1, 0.15) is 158 Å². The fraction of sp³-hybridized carbons (Fsp3) is 0.167. The van der Waals surface area contributed by atoms with Gasteiger partial charge in [-0.3, -0.25) is 0 Å². The minimum atomic E-state index is -0.790. The first-order valence-electron chi connectivity index (χ1n) is 46.7. The lowest BCUT2D eigenvalue weighted by Gasteiger charge is -2.52. The van der Waals surface area contributed by atoms with E-state index in [1.54, 1.807) is 0 Å². The van der Waals surface area contributed by atoms with E-state index in [1.165, 1.54) is 176 Å². The second-order valence-electron chi connectivity index (χ2n) is 41.0. The van der Waals surface area contributed by atoms with Crippen molar-refractivity contribution in [3.05, 3.63) is 405 Å². The van der Waals surface area contributed by atoms with Crippen LogP contribution in [0.15, 0.2) is 335 Å². The number of hydrogen-bond donors (Lipinski definition) is 0. The van der Waals surface area contributed by atoms with E-state index < -0.39 is 17.7 Å². The van der Waals surface area contributed by atoms with Gasteiger partial charge >= 0.3 is 13.7 Å². The van der Waals surface area contributed by atoms with E-state index >= 15 is 0 Å². The molecule has 29 rings (SSSR count). The molecule has 620 valence electrons. The molecule has 0 bridgehead atoms. The first-order valence-corrected chi connectivity index (χ1v) is 47.5. The number of rotatable bonds is 6. The third-order valence-electron chi connectivity index (χ3n) is 32.9. The van der Waals surface area contributed by atoms with E-state index in [0.29, 0.717) is 0 Å². The molecule has 3 aliphatic carbocycles. The molecule has 0 fully saturated rings. The maximum Gasteiger partial charge on any atom is 0.376 e. The maximum absolute atomic E-state index is 7.71. The molecule has 0 saturated carbocycles. The fourth-order valence-corrected chi connectivity index (χ4v) is 28.2. The molecule has 130 heavy (non-hydrogen) atoms. The smallest absolute Gasteiger partial charge is 0.376 e. The molecule has 0 radical (unpaired) electrons. The molecule has 6 aliphatic heterocycles. The van der Waals surface area contributed by atoms with Crippen LogP contribution in [0.25, 0.3) is 98.3 Å². The van der Waals surface area contributed by atoms with Gasteiger partial charge in [0.05, 0.1) is 27.9 Å². The van der Waals surface area contributed by atoms with Gasteiger partial charge in [-0.25, -0.2) is 0 Å². The number of nitrogens with zero attached hydrogens (tertiary/aromatic N) is 4. The zero-order chi connectivity index (χ0) is 86.4. The Labute approximate surface area is 760 Å². The SMILES string of the molecule is Cc1cc2c(cc1N1c3cc4oc5ccccc5c4c4c3B(c3sc5ccccc5c31)N1c3ccccc3C3(c5ccccc5-c5ccccc53)c3cccc-4c31)C(C)(Cc1ccc(C3(c4ccccc4)c4ccccc4N4B5c6oc7ccccc7c6N(c6cc7c(cc6C)C(C)(C)CCC7(C)C)c6c5c(cc5c6oc6ccccc65)-c5cccc3c54)cc1)CCC2(C)C. The number of fused-ring (bicyclic) bond motifs is 33. The number of anilines is 10. The van der Waals surface area contributed by atoms with Gasteiger partial charge in [-0.05, 0) is 245 Å². The highest BCUT2D eigenvalue weighted by molar-refractivity contribution is 7.32. The number of furan rings is 3. The number of para-hydroxylation sites is 7. The minimum Gasteiger partial charge on any atom is -0.466 e. The summed E-state index contributed by atoms with van der Waals surface area (Å²) in [6.45, 7) is 21.5. The molecule has 1 spiro atoms. The van der Waals surface area contributed by atoms with Crippen LogP contribution in [0, 0.1) is 13.8 Å². The lowest BCUT2D eigenvalue weighted by atomic mass is 9.44. The van der Waals surface area contributed by atoms with Gasteiger partial charge in [0.1, 0.15) is 28.0 Å². The number of benzene rings is 16. The van der Waals surface area contributed by atoms with Crippen LogP contribution >= 0.6 is 11.3 Å². The van der Waals surface area contributed by atoms with Gasteiger partial charge in [-0.1, -0.05) is 303 Å². The summed E-state index contributed by atoms with van der Waals surface area (Å²) in [5.74, 6) is 0. The fourth-order valence-electron chi connectivity index (χ4n) is 26.9. The molecule has 7 nitrogen and oxygen atoms in total. The summed E-state index contributed by atoms with van der Waals surface area (Å²) >= 11 is 1.98. The van der Waals surface area contributed by atoms with Crippen LogP contribution in [-0.2, 0) is 38.9 Å². The van der Waals surface area contributed by atoms with Gasteiger partial charge in [0.15, 0.2) is 5.58 Å². The van der Waals surface area contributed by atoms with E-state index in [1.807, 2.05) is 11.3 Å². The monoisotopic (exact) mass is 1690 g/mol. The summed E-state index contributed by atoms with van der Waals surface area (Å²) < 4.78 is 25.2. The van der Waals surface area contributed by atoms with Crippen molar-refractivity contribution < 1.29 is 13.3 Å². The molecule has 4 aromatic heterocycles. The Bertz CT molecular complexity index is 8460. The third kappa shape index (κ3) is 9.13. The molecular weight excluding hydrogens is 1600 g/mol. The molecule has 2 atom stereocenters. The summed E-state index contributed by atoms with van der Waals surface area (Å²) in [5.41, 5.74) is 44.9. The number of hydrogen-bond acceptors (Lipinski definition) is 8. The predicted octanol–water partition coefficient (Wildman–Crippen LogP) is 28.8. The Morgan fingerprint density at radius 3 is 1.52 bits per heavy atom. The molecular formula is C120H90B2N4O3S. The Hall–Kier alpha value is -14.1. The predicted molar refractivity (Wildman–Crippen MR) is 541 cm³/mol. The highest BCUT2D eigenvalue weighted by Gasteiger charge is 2.60. The quantitative estimate of drug-likeness (QED) is 0.154. The molecule has 2 unspecified atom stereocenters. The Morgan fingerprint density at radius 1 is 0.315 bits per heavy atom. The standard InChI is InChI=1S/C120H90B2N4O3S/c1-68-62-90-92(65-95(68)123-97-66-101-103(77-36-16-26-50-99(77)127-101)104-80-40-30-46-88-108(80)126(122(106(97)104)114-110(123)79-38-18-28-52-102(79)130-114)94-48-24-22-44-86(94)120(88)83-41-19-13-33-73(83)74-34-14-20-42-84(74)120)118(9,60-59-117(90,7)8)67-70-53-55-72(56-54-70)119(71-31-11-10-12-32-71)85-43-21-23-47-93(85)125-107-76(39-29-45-87(107)119)81-63-82-75-35-15-25-49-98(75)128-112(82)111-105(81)121(125)113-109(78-37-17-27-51-100(78)129-113)124(111)96-64-91-89(61-69(96)2)115(3,4)57-58-116(91,5)6/h10-56,61-66H,57-60,67H2,1-9H3. The van der Waals surface area contributed by atoms with Crippen molar-refractivity contribution in [2.75, 3.05) is 19.4 Å². The molecule has 0 saturated heterocycles. The van der Waals surface area contributed by atoms with E-state index in [4.69, 9.17) is 13.3 Å². The zero-order valence-corrected chi connectivity index (χ0v) is 75.0. The Balaban J connectivity index is 0.614. The average Bonchev–Trinajstić information content (AvgIpc) is 1.37. The van der Waals surface area contributed by atoms with Gasteiger partial charge in [0.2, 0.25) is 0 Å². The largest absolute Gasteiger partial charge is 0.466 e. The van der Waals surface area contributed by atoms with Crippen molar-refractivity contribution in [2.24, 2.45) is 0 Å². The summed E-state index contributed by atoms with van der Waals surface area (Å²) in [6, 6.07) is 124. The van der Waals surface area contributed by atoms with E-state index in [9.17, 15) is 0 Å². The van der Waals surface area contributed by atoms with Crippen molar-refractivity contribution >= 4 is 168 Å². The summed E-state index contributed by atoms with van der Waals surface area (Å²) in [5, 5.41) is 6.83. The molecule has 10 heterocycles. The van der Waals surface area contributed by atoms with Gasteiger partial charge < -0.3 is 32.7 Å². The van der Waals surface area contributed by atoms with E-state index in [0.717, 1.165) is 116 Å². The maximum atomic E-state index is 7.71. The minimum absolute atomic E-state index is 0.0220. The lowest BCUT2D eigenvalue weighted by molar-refractivity contribution is 0.310. The number of thiophene rings is 1.